The van der Waals surface area contributed by atoms with Crippen molar-refractivity contribution in [3.05, 3.63) is 54.4 Å². The molecule has 0 radical (unpaired) electrons. The van der Waals surface area contributed by atoms with E-state index >= 15 is 0 Å². The van der Waals surface area contributed by atoms with Crippen molar-refractivity contribution in [1.82, 2.24) is 15.0 Å². The molecule has 19 heavy (non-hydrogen) atoms. The molecule has 3 nitrogen and oxygen atoms in total. The second-order valence-corrected chi connectivity index (χ2v) is 7.06. The van der Waals surface area contributed by atoms with Crippen LogP contribution in [0.25, 0.3) is 22.4 Å². The van der Waals surface area contributed by atoms with Crippen LogP contribution in [-0.4, -0.2) is 15.0 Å². The molecule has 3 rings (SSSR count). The third-order valence-corrected chi connectivity index (χ3v) is 3.65. The lowest BCUT2D eigenvalue weighted by Gasteiger charge is -2.05. The van der Waals surface area contributed by atoms with Gasteiger partial charge in [0, 0.05) is 11.6 Å². The largest absolute Gasteiger partial charge is 0.247 e. The number of nitrogens with zero attached hydrogens (tertiary/aromatic N) is 3. The van der Waals surface area contributed by atoms with Gasteiger partial charge in [-0.2, -0.15) is 0 Å². The van der Waals surface area contributed by atoms with Gasteiger partial charge in [-0.05, 0) is 18.2 Å². The highest BCUT2D eigenvalue weighted by Crippen LogP contribution is 2.28. The molecule has 0 aliphatic heterocycles. The van der Waals surface area contributed by atoms with E-state index in [2.05, 4.69) is 46.8 Å². The minimum atomic E-state index is 0.0282. The van der Waals surface area contributed by atoms with Gasteiger partial charge in [0.25, 0.3) is 0 Å². The molecule has 2 aromatic heterocycles. The number of fused-ring (bicyclic) bond motifs is 1. The summed E-state index contributed by atoms with van der Waals surface area (Å²) < 4.78 is 0.0282. The van der Waals surface area contributed by atoms with E-state index in [0.29, 0.717) is 5.82 Å². The summed E-state index contributed by atoms with van der Waals surface area (Å²) >= 11 is 6.88. The smallest absolute Gasteiger partial charge is 0.178 e. The van der Waals surface area contributed by atoms with Crippen molar-refractivity contribution in [2.24, 2.45) is 0 Å². The van der Waals surface area contributed by atoms with Crippen molar-refractivity contribution in [3.63, 3.8) is 0 Å². The molecule has 0 aliphatic rings. The first kappa shape index (κ1) is 12.7. The Kier molecular flexibility index (Phi) is 3.57. The van der Waals surface area contributed by atoms with Crippen molar-refractivity contribution in [1.29, 1.82) is 0 Å². The SMILES string of the molecule is BrC(Br)c1cccc(-c2ncc3ccccc3n2)n1. The molecule has 1 aromatic carbocycles. The Morgan fingerprint density at radius 3 is 2.58 bits per heavy atom. The predicted octanol–water partition coefficient (Wildman–Crippen LogP) is 4.48. The first-order valence-electron chi connectivity index (χ1n) is 5.71. The first-order valence-corrected chi connectivity index (χ1v) is 7.54. The van der Waals surface area contributed by atoms with Gasteiger partial charge in [0.2, 0.25) is 0 Å². The number of alkyl halides is 2. The average molecular weight is 379 g/mol. The fourth-order valence-corrected chi connectivity index (χ4v) is 2.30. The summed E-state index contributed by atoms with van der Waals surface area (Å²) in [4.78, 5) is 13.4. The van der Waals surface area contributed by atoms with Gasteiger partial charge < -0.3 is 0 Å². The zero-order valence-electron chi connectivity index (χ0n) is 9.79. The van der Waals surface area contributed by atoms with Crippen LogP contribution in [0.5, 0.6) is 0 Å². The highest BCUT2D eigenvalue weighted by Gasteiger charge is 2.08. The molecule has 3 aromatic rings. The molecule has 0 atom stereocenters. The third-order valence-electron chi connectivity index (χ3n) is 2.71. The Morgan fingerprint density at radius 1 is 0.895 bits per heavy atom. The van der Waals surface area contributed by atoms with E-state index in [1.807, 2.05) is 48.7 Å². The van der Waals surface area contributed by atoms with Gasteiger partial charge in [0.15, 0.2) is 5.82 Å². The van der Waals surface area contributed by atoms with Gasteiger partial charge in [-0.25, -0.2) is 15.0 Å². The Morgan fingerprint density at radius 2 is 1.74 bits per heavy atom. The number of aromatic nitrogens is 3. The van der Waals surface area contributed by atoms with Gasteiger partial charge in [0.1, 0.15) is 9.43 Å². The second-order valence-electron chi connectivity index (χ2n) is 4.00. The van der Waals surface area contributed by atoms with E-state index < -0.39 is 0 Å². The Hall–Kier alpha value is -1.33. The molecule has 0 spiro atoms. The van der Waals surface area contributed by atoms with E-state index in [9.17, 15) is 0 Å². The monoisotopic (exact) mass is 377 g/mol. The normalized spacial score (nSPS) is 11.1. The van der Waals surface area contributed by atoms with Crippen LogP contribution < -0.4 is 0 Å². The molecule has 0 saturated carbocycles. The standard InChI is InChI=1S/C14H9Br2N3/c15-13(16)11-6-3-7-12(18-11)14-17-8-9-4-1-2-5-10(9)19-14/h1-8,13H. The molecule has 0 unspecified atom stereocenters. The van der Waals surface area contributed by atoms with E-state index in [4.69, 9.17) is 0 Å². The summed E-state index contributed by atoms with van der Waals surface area (Å²) in [7, 11) is 0. The zero-order chi connectivity index (χ0) is 13.2. The number of halogens is 2. The molecule has 0 saturated heterocycles. The fraction of sp³-hybridized carbons (Fsp3) is 0.0714. The van der Waals surface area contributed by atoms with Gasteiger partial charge >= 0.3 is 0 Å². The second kappa shape index (κ2) is 5.35. The van der Waals surface area contributed by atoms with Crippen LogP contribution in [0.1, 0.15) is 9.43 Å². The van der Waals surface area contributed by atoms with Crippen molar-refractivity contribution in [3.8, 4) is 11.5 Å². The van der Waals surface area contributed by atoms with Crippen molar-refractivity contribution < 1.29 is 0 Å². The van der Waals surface area contributed by atoms with Crippen LogP contribution >= 0.6 is 31.9 Å². The van der Waals surface area contributed by atoms with Gasteiger partial charge in [-0.1, -0.05) is 56.1 Å². The first-order chi connectivity index (χ1) is 9.24. The Balaban J connectivity index is 2.11. The lowest BCUT2D eigenvalue weighted by molar-refractivity contribution is 1.13. The molecule has 0 N–H and O–H groups in total. The summed E-state index contributed by atoms with van der Waals surface area (Å²) in [5.74, 6) is 0.640. The molecular formula is C14H9Br2N3. The minimum absolute atomic E-state index is 0.0282. The molecule has 0 bridgehead atoms. The Bertz CT molecular complexity index is 728. The molecular weight excluding hydrogens is 370 g/mol. The third kappa shape index (κ3) is 2.67. The van der Waals surface area contributed by atoms with E-state index in [1.165, 1.54) is 0 Å². The average Bonchev–Trinajstić information content (AvgIpc) is 2.47. The van der Waals surface area contributed by atoms with Crippen molar-refractivity contribution in [2.75, 3.05) is 0 Å². The van der Waals surface area contributed by atoms with E-state index in [0.717, 1.165) is 22.3 Å². The maximum atomic E-state index is 4.54. The summed E-state index contributed by atoms with van der Waals surface area (Å²) in [6, 6.07) is 13.7. The van der Waals surface area contributed by atoms with Crippen molar-refractivity contribution >= 4 is 42.8 Å². The minimum Gasteiger partial charge on any atom is -0.247 e. The van der Waals surface area contributed by atoms with Crippen LogP contribution in [0.2, 0.25) is 0 Å². The summed E-state index contributed by atoms with van der Waals surface area (Å²) in [5, 5.41) is 1.03. The number of rotatable bonds is 2. The van der Waals surface area contributed by atoms with Crippen LogP contribution in [0.4, 0.5) is 0 Å². The van der Waals surface area contributed by atoms with Crippen LogP contribution in [0.15, 0.2) is 48.7 Å². The lowest BCUT2D eigenvalue weighted by Crippen LogP contribution is -1.95. The molecule has 2 heterocycles. The maximum absolute atomic E-state index is 4.54. The summed E-state index contributed by atoms with van der Waals surface area (Å²) in [6.45, 7) is 0. The van der Waals surface area contributed by atoms with E-state index in [1.54, 1.807) is 0 Å². The zero-order valence-corrected chi connectivity index (χ0v) is 13.0. The van der Waals surface area contributed by atoms with E-state index in [-0.39, 0.29) is 3.74 Å². The highest BCUT2D eigenvalue weighted by molar-refractivity contribution is 9.24. The molecule has 0 fully saturated rings. The topological polar surface area (TPSA) is 38.7 Å². The van der Waals surface area contributed by atoms with Crippen molar-refractivity contribution in [2.45, 2.75) is 3.74 Å². The number of pyridine rings is 1. The summed E-state index contributed by atoms with van der Waals surface area (Å²) in [5.41, 5.74) is 2.59. The van der Waals surface area contributed by atoms with Crippen LogP contribution in [0.3, 0.4) is 0 Å². The molecule has 0 aliphatic carbocycles. The fourth-order valence-electron chi connectivity index (χ4n) is 1.79. The summed E-state index contributed by atoms with van der Waals surface area (Å²) in [6.07, 6.45) is 1.83. The van der Waals surface area contributed by atoms with Gasteiger partial charge in [-0.3, -0.25) is 0 Å². The number of para-hydroxylation sites is 1. The number of hydrogen-bond donors (Lipinski definition) is 0. The highest BCUT2D eigenvalue weighted by atomic mass is 79.9. The van der Waals surface area contributed by atoms with Gasteiger partial charge in [0.05, 0.1) is 11.2 Å². The lowest BCUT2D eigenvalue weighted by atomic mass is 10.2. The molecule has 0 amide bonds. The maximum Gasteiger partial charge on any atom is 0.178 e. The number of benzene rings is 1. The number of hydrogen-bond acceptors (Lipinski definition) is 3. The quantitative estimate of drug-likeness (QED) is 0.617. The Labute approximate surface area is 127 Å². The molecule has 94 valence electrons. The van der Waals surface area contributed by atoms with Crippen LogP contribution in [0, 0.1) is 0 Å². The predicted molar refractivity (Wildman–Crippen MR) is 83.4 cm³/mol. The van der Waals surface area contributed by atoms with Gasteiger partial charge in [-0.15, -0.1) is 0 Å². The van der Waals surface area contributed by atoms with Crippen LogP contribution in [-0.2, 0) is 0 Å². The molecule has 5 heteroatoms.